The van der Waals surface area contributed by atoms with Crippen molar-refractivity contribution in [3.8, 4) is 0 Å². The van der Waals surface area contributed by atoms with E-state index < -0.39 is 0 Å². The molecule has 0 atom stereocenters. The van der Waals surface area contributed by atoms with Crippen LogP contribution in [0.5, 0.6) is 0 Å². The van der Waals surface area contributed by atoms with Crippen LogP contribution in [0.1, 0.15) is 66.7 Å². The van der Waals surface area contributed by atoms with Crippen molar-refractivity contribution in [1.29, 1.82) is 0 Å². The van der Waals surface area contributed by atoms with E-state index >= 15 is 0 Å². The van der Waals surface area contributed by atoms with Crippen LogP contribution in [0.3, 0.4) is 0 Å². The summed E-state index contributed by atoms with van der Waals surface area (Å²) in [7, 11) is 0. The lowest BCUT2D eigenvalue weighted by molar-refractivity contribution is -0.0476. The Labute approximate surface area is 131 Å². The normalized spacial score (nSPS) is 12.6. The standard InChI is InChI=1S/C19H34O2/c1-6-20-16-21-15-9-14-19(5)13-8-12-18(4)11-7-10-17(2)3/h10,12,14H,6-9,11,13,15-16H2,1-5H3/b18-12+,19-14+. The highest BCUT2D eigenvalue weighted by molar-refractivity contribution is 5.05. The van der Waals surface area contributed by atoms with Gasteiger partial charge in [-0.3, -0.25) is 0 Å². The minimum atomic E-state index is 0.414. The van der Waals surface area contributed by atoms with Crippen molar-refractivity contribution in [2.75, 3.05) is 20.0 Å². The maximum atomic E-state index is 5.35. The van der Waals surface area contributed by atoms with Gasteiger partial charge >= 0.3 is 0 Å². The lowest BCUT2D eigenvalue weighted by Crippen LogP contribution is -2.00. The summed E-state index contributed by atoms with van der Waals surface area (Å²) in [4.78, 5) is 0. The molecule has 0 radical (unpaired) electrons. The molecule has 0 aliphatic heterocycles. The Morgan fingerprint density at radius 1 is 0.762 bits per heavy atom. The molecule has 0 aromatic heterocycles. The van der Waals surface area contributed by atoms with E-state index in [1.165, 1.54) is 23.1 Å². The molecule has 0 aromatic rings. The molecule has 0 rings (SSSR count). The highest BCUT2D eigenvalue weighted by atomic mass is 16.7. The Bertz CT molecular complexity index is 333. The average Bonchev–Trinajstić information content (AvgIpc) is 2.42. The van der Waals surface area contributed by atoms with E-state index in [2.05, 4.69) is 45.9 Å². The first-order chi connectivity index (χ1) is 10.1. The van der Waals surface area contributed by atoms with Gasteiger partial charge in [-0.25, -0.2) is 0 Å². The fourth-order valence-electron chi connectivity index (χ4n) is 1.93. The summed E-state index contributed by atoms with van der Waals surface area (Å²) in [5.41, 5.74) is 4.36. The van der Waals surface area contributed by atoms with E-state index in [-0.39, 0.29) is 0 Å². The van der Waals surface area contributed by atoms with Crippen LogP contribution in [0, 0.1) is 0 Å². The van der Waals surface area contributed by atoms with E-state index in [0.29, 0.717) is 13.4 Å². The SMILES string of the molecule is CCOCOCC/C=C(\C)CC/C=C(\C)CCC=C(C)C. The van der Waals surface area contributed by atoms with Crippen molar-refractivity contribution in [3.63, 3.8) is 0 Å². The predicted molar refractivity (Wildman–Crippen MR) is 92.5 cm³/mol. The van der Waals surface area contributed by atoms with Crippen LogP contribution in [-0.2, 0) is 9.47 Å². The number of hydrogen-bond donors (Lipinski definition) is 0. The molecule has 0 amide bonds. The Morgan fingerprint density at radius 2 is 1.33 bits per heavy atom. The molecule has 0 fully saturated rings. The van der Waals surface area contributed by atoms with Crippen molar-refractivity contribution in [1.82, 2.24) is 0 Å². The minimum Gasteiger partial charge on any atom is -0.356 e. The van der Waals surface area contributed by atoms with Gasteiger partial charge in [0, 0.05) is 6.61 Å². The summed E-state index contributed by atoms with van der Waals surface area (Å²) in [5, 5.41) is 0. The summed E-state index contributed by atoms with van der Waals surface area (Å²) in [6.45, 7) is 12.6. The molecular weight excluding hydrogens is 260 g/mol. The molecule has 0 saturated heterocycles. The molecule has 0 bridgehead atoms. The highest BCUT2D eigenvalue weighted by Crippen LogP contribution is 2.11. The molecule has 0 unspecified atom stereocenters. The van der Waals surface area contributed by atoms with E-state index in [1.807, 2.05) is 6.92 Å². The molecule has 2 heteroatoms. The van der Waals surface area contributed by atoms with Gasteiger partial charge in [0.05, 0.1) is 6.61 Å². The Morgan fingerprint density at radius 3 is 1.90 bits per heavy atom. The monoisotopic (exact) mass is 294 g/mol. The first kappa shape index (κ1) is 20.1. The zero-order valence-corrected chi connectivity index (χ0v) is 14.7. The lowest BCUT2D eigenvalue weighted by atomic mass is 10.1. The zero-order chi connectivity index (χ0) is 15.9. The summed E-state index contributed by atoms with van der Waals surface area (Å²) >= 11 is 0. The Balaban J connectivity index is 3.71. The van der Waals surface area contributed by atoms with E-state index in [1.54, 1.807) is 0 Å². The van der Waals surface area contributed by atoms with Crippen molar-refractivity contribution in [2.24, 2.45) is 0 Å². The molecular formula is C19H34O2. The summed E-state index contributed by atoms with van der Waals surface area (Å²) in [5.74, 6) is 0. The fourth-order valence-corrected chi connectivity index (χ4v) is 1.93. The van der Waals surface area contributed by atoms with Gasteiger partial charge in [0.2, 0.25) is 0 Å². The second-order valence-electron chi connectivity index (χ2n) is 5.77. The summed E-state index contributed by atoms with van der Waals surface area (Å²) in [6.07, 6.45) is 12.6. The van der Waals surface area contributed by atoms with Gasteiger partial charge in [-0.15, -0.1) is 0 Å². The highest BCUT2D eigenvalue weighted by Gasteiger charge is 1.92. The quantitative estimate of drug-likeness (QED) is 0.257. The van der Waals surface area contributed by atoms with Crippen molar-refractivity contribution in [3.05, 3.63) is 34.9 Å². The second kappa shape index (κ2) is 14.1. The van der Waals surface area contributed by atoms with Crippen molar-refractivity contribution < 1.29 is 9.47 Å². The van der Waals surface area contributed by atoms with E-state index in [4.69, 9.17) is 9.47 Å². The van der Waals surface area contributed by atoms with Crippen LogP contribution >= 0.6 is 0 Å². The molecule has 0 aromatic carbocycles. The molecule has 0 spiro atoms. The van der Waals surface area contributed by atoms with E-state index in [9.17, 15) is 0 Å². The van der Waals surface area contributed by atoms with Crippen molar-refractivity contribution >= 4 is 0 Å². The molecule has 21 heavy (non-hydrogen) atoms. The largest absolute Gasteiger partial charge is 0.356 e. The van der Waals surface area contributed by atoms with Gasteiger partial charge in [0.1, 0.15) is 6.79 Å². The van der Waals surface area contributed by atoms with Crippen LogP contribution in [0.25, 0.3) is 0 Å². The maximum Gasteiger partial charge on any atom is 0.146 e. The van der Waals surface area contributed by atoms with Crippen LogP contribution in [-0.4, -0.2) is 20.0 Å². The first-order valence-corrected chi connectivity index (χ1v) is 8.16. The third kappa shape index (κ3) is 15.3. The van der Waals surface area contributed by atoms with Crippen LogP contribution in [0.15, 0.2) is 34.9 Å². The third-order valence-corrected chi connectivity index (χ3v) is 3.25. The topological polar surface area (TPSA) is 18.5 Å². The first-order valence-electron chi connectivity index (χ1n) is 8.16. The molecule has 2 nitrogen and oxygen atoms in total. The molecule has 0 aliphatic carbocycles. The molecule has 0 N–H and O–H groups in total. The predicted octanol–water partition coefficient (Wildman–Crippen LogP) is 5.81. The van der Waals surface area contributed by atoms with Crippen LogP contribution < -0.4 is 0 Å². The fraction of sp³-hybridized carbons (Fsp3) is 0.684. The maximum absolute atomic E-state index is 5.35. The number of ether oxygens (including phenoxy) is 2. The van der Waals surface area contributed by atoms with Gasteiger partial charge in [-0.05, 0) is 66.7 Å². The minimum absolute atomic E-state index is 0.414. The average molecular weight is 294 g/mol. The number of rotatable bonds is 12. The van der Waals surface area contributed by atoms with Gasteiger partial charge in [0.25, 0.3) is 0 Å². The Hall–Kier alpha value is -0.860. The van der Waals surface area contributed by atoms with Gasteiger partial charge in [-0.2, -0.15) is 0 Å². The zero-order valence-electron chi connectivity index (χ0n) is 14.7. The van der Waals surface area contributed by atoms with E-state index in [0.717, 1.165) is 32.3 Å². The van der Waals surface area contributed by atoms with Crippen LogP contribution in [0.4, 0.5) is 0 Å². The third-order valence-electron chi connectivity index (χ3n) is 3.25. The Kier molecular flexibility index (Phi) is 13.5. The smallest absolute Gasteiger partial charge is 0.146 e. The number of allylic oxidation sites excluding steroid dienone is 5. The molecule has 122 valence electrons. The van der Waals surface area contributed by atoms with Gasteiger partial charge in [-0.1, -0.05) is 34.9 Å². The summed E-state index contributed by atoms with van der Waals surface area (Å²) < 4.78 is 10.5. The molecule has 0 heterocycles. The lowest BCUT2D eigenvalue weighted by Gasteiger charge is -2.03. The van der Waals surface area contributed by atoms with Crippen molar-refractivity contribution in [2.45, 2.75) is 66.7 Å². The van der Waals surface area contributed by atoms with Gasteiger partial charge < -0.3 is 9.47 Å². The number of hydrogen-bond acceptors (Lipinski definition) is 2. The summed E-state index contributed by atoms with van der Waals surface area (Å²) in [6, 6.07) is 0. The van der Waals surface area contributed by atoms with Crippen LogP contribution in [0.2, 0.25) is 0 Å². The molecule has 0 aliphatic rings. The second-order valence-corrected chi connectivity index (χ2v) is 5.77. The molecule has 0 saturated carbocycles. The van der Waals surface area contributed by atoms with Gasteiger partial charge in [0.15, 0.2) is 0 Å².